The van der Waals surface area contributed by atoms with Crippen molar-refractivity contribution < 1.29 is 19.4 Å². The minimum Gasteiger partial charge on any atom is -0.481 e. The number of aliphatic carboxylic acids is 1. The van der Waals surface area contributed by atoms with Crippen LogP contribution in [0.2, 0.25) is 0 Å². The Morgan fingerprint density at radius 2 is 1.06 bits per heavy atom. The summed E-state index contributed by atoms with van der Waals surface area (Å²) in [6.07, 6.45) is 27.9. The maximum atomic E-state index is 12.0. The van der Waals surface area contributed by atoms with E-state index < -0.39 is 23.5 Å². The molecule has 32 heavy (non-hydrogen) atoms. The van der Waals surface area contributed by atoms with Crippen LogP contribution in [0, 0.1) is 18.3 Å². The molecule has 1 unspecified atom stereocenters. The van der Waals surface area contributed by atoms with E-state index in [9.17, 15) is 14.7 Å². The second-order valence-electron chi connectivity index (χ2n) is 10.2. The van der Waals surface area contributed by atoms with Gasteiger partial charge in [-0.15, -0.1) is 12.3 Å². The highest BCUT2D eigenvalue weighted by Gasteiger charge is 2.30. The Balaban J connectivity index is 3.44. The third-order valence-corrected chi connectivity index (χ3v) is 5.80. The number of carbonyl (C=O) groups is 2. The second-order valence-corrected chi connectivity index (χ2v) is 10.2. The van der Waals surface area contributed by atoms with Crippen molar-refractivity contribution in [3.63, 3.8) is 0 Å². The summed E-state index contributed by atoms with van der Waals surface area (Å²) in [4.78, 5) is 23.4. The number of unbranched alkanes of at least 4 members (excludes halogenated alkanes) is 17. The van der Waals surface area contributed by atoms with Crippen LogP contribution in [-0.2, 0) is 14.3 Å². The van der Waals surface area contributed by atoms with Crippen LogP contribution in [0.15, 0.2) is 0 Å². The summed E-state index contributed by atoms with van der Waals surface area (Å²) >= 11 is 0. The molecule has 0 aromatic heterocycles. The van der Waals surface area contributed by atoms with Gasteiger partial charge in [-0.3, -0.25) is 9.59 Å². The standard InChI is InChI=1S/C28H50O4/c1-5-6-7-8-9-10-11-12-13-14-15-16-17-18-19-20-21-22-23-24-25(26(29)30)27(31)32-28(2,3)4/h1,25H,6-24H2,2-4H3,(H,29,30). The number of esters is 1. The van der Waals surface area contributed by atoms with Gasteiger partial charge in [-0.1, -0.05) is 103 Å². The number of carbonyl (C=O) groups excluding carboxylic acids is 1. The van der Waals surface area contributed by atoms with Gasteiger partial charge in [-0.25, -0.2) is 0 Å². The van der Waals surface area contributed by atoms with Crippen LogP contribution in [0.5, 0.6) is 0 Å². The van der Waals surface area contributed by atoms with Crippen molar-refractivity contribution in [3.8, 4) is 12.3 Å². The molecular formula is C28H50O4. The summed E-state index contributed by atoms with van der Waals surface area (Å²) in [6.45, 7) is 5.28. The average molecular weight is 451 g/mol. The Morgan fingerprint density at radius 3 is 1.38 bits per heavy atom. The topological polar surface area (TPSA) is 63.6 Å². The fourth-order valence-electron chi connectivity index (χ4n) is 3.94. The van der Waals surface area contributed by atoms with E-state index in [0.29, 0.717) is 6.42 Å². The predicted molar refractivity (Wildman–Crippen MR) is 134 cm³/mol. The van der Waals surface area contributed by atoms with Crippen molar-refractivity contribution in [2.24, 2.45) is 5.92 Å². The molecule has 186 valence electrons. The van der Waals surface area contributed by atoms with Crippen LogP contribution in [0.25, 0.3) is 0 Å². The Hall–Kier alpha value is -1.50. The molecule has 0 aromatic carbocycles. The van der Waals surface area contributed by atoms with E-state index in [1.807, 2.05) is 0 Å². The number of rotatable bonds is 21. The fourth-order valence-corrected chi connectivity index (χ4v) is 3.94. The molecule has 0 saturated heterocycles. The normalized spacial score (nSPS) is 12.3. The molecule has 0 aromatic rings. The first-order valence-corrected chi connectivity index (χ1v) is 13.2. The second kappa shape index (κ2) is 20.1. The van der Waals surface area contributed by atoms with Gasteiger partial charge in [0.1, 0.15) is 5.60 Å². The maximum Gasteiger partial charge on any atom is 0.320 e. The van der Waals surface area contributed by atoms with Crippen molar-refractivity contribution in [3.05, 3.63) is 0 Å². The lowest BCUT2D eigenvalue weighted by Crippen LogP contribution is -2.32. The number of terminal acetylenes is 1. The van der Waals surface area contributed by atoms with Crippen molar-refractivity contribution in [1.82, 2.24) is 0 Å². The van der Waals surface area contributed by atoms with Gasteiger partial charge in [0.05, 0.1) is 0 Å². The van der Waals surface area contributed by atoms with Gasteiger partial charge in [0.2, 0.25) is 0 Å². The molecule has 0 bridgehead atoms. The first kappa shape index (κ1) is 30.5. The molecule has 0 aliphatic heterocycles. The van der Waals surface area contributed by atoms with E-state index in [4.69, 9.17) is 11.2 Å². The SMILES string of the molecule is C#CCCCCCCCCCCCCCCCCCCCC(C(=O)O)C(=O)OC(C)(C)C. The van der Waals surface area contributed by atoms with E-state index in [0.717, 1.165) is 25.7 Å². The molecule has 0 aliphatic rings. The average Bonchev–Trinajstić information content (AvgIpc) is 2.70. The van der Waals surface area contributed by atoms with Crippen LogP contribution >= 0.6 is 0 Å². The minimum atomic E-state index is -1.07. The molecule has 1 N–H and O–H groups in total. The smallest absolute Gasteiger partial charge is 0.320 e. The molecule has 4 nitrogen and oxygen atoms in total. The molecule has 0 spiro atoms. The maximum absolute atomic E-state index is 12.0. The molecular weight excluding hydrogens is 400 g/mol. The lowest BCUT2D eigenvalue weighted by molar-refractivity contribution is -0.167. The monoisotopic (exact) mass is 450 g/mol. The number of ether oxygens (including phenoxy) is 1. The lowest BCUT2D eigenvalue weighted by Gasteiger charge is -2.22. The zero-order valence-electron chi connectivity index (χ0n) is 21.3. The van der Waals surface area contributed by atoms with E-state index >= 15 is 0 Å². The fraction of sp³-hybridized carbons (Fsp3) is 0.857. The lowest BCUT2D eigenvalue weighted by atomic mass is 9.99. The minimum absolute atomic E-state index is 0.371. The summed E-state index contributed by atoms with van der Waals surface area (Å²) in [7, 11) is 0. The first-order valence-electron chi connectivity index (χ1n) is 13.2. The molecule has 0 fully saturated rings. The summed E-state index contributed by atoms with van der Waals surface area (Å²) in [5.74, 6) is -0.0117. The van der Waals surface area contributed by atoms with Gasteiger partial charge in [-0.05, 0) is 33.6 Å². The van der Waals surface area contributed by atoms with Crippen LogP contribution in [0.1, 0.15) is 143 Å². The van der Waals surface area contributed by atoms with Crippen molar-refractivity contribution >= 4 is 11.9 Å². The van der Waals surface area contributed by atoms with E-state index in [1.54, 1.807) is 20.8 Å². The quantitative estimate of drug-likeness (QED) is 0.0831. The molecule has 0 heterocycles. The van der Waals surface area contributed by atoms with Crippen LogP contribution in [0.3, 0.4) is 0 Å². The number of carboxylic acid groups (broad SMARTS) is 1. The van der Waals surface area contributed by atoms with Crippen LogP contribution in [-0.4, -0.2) is 22.6 Å². The molecule has 0 aliphatic carbocycles. The van der Waals surface area contributed by atoms with Gasteiger partial charge < -0.3 is 9.84 Å². The zero-order chi connectivity index (χ0) is 24.1. The Labute approximate surface area is 198 Å². The van der Waals surface area contributed by atoms with Gasteiger partial charge in [-0.2, -0.15) is 0 Å². The molecule has 1 atom stereocenters. The van der Waals surface area contributed by atoms with Gasteiger partial charge >= 0.3 is 11.9 Å². The van der Waals surface area contributed by atoms with Crippen LogP contribution < -0.4 is 0 Å². The highest BCUT2D eigenvalue weighted by molar-refractivity contribution is 5.94. The number of hydrogen-bond acceptors (Lipinski definition) is 3. The Bertz CT molecular complexity index is 513. The third-order valence-electron chi connectivity index (χ3n) is 5.80. The third kappa shape index (κ3) is 20.4. The number of hydrogen-bond donors (Lipinski definition) is 1. The zero-order valence-corrected chi connectivity index (χ0v) is 21.3. The van der Waals surface area contributed by atoms with E-state index in [-0.39, 0.29) is 0 Å². The van der Waals surface area contributed by atoms with E-state index in [2.05, 4.69) is 5.92 Å². The summed E-state index contributed by atoms with van der Waals surface area (Å²) in [5, 5.41) is 9.29. The Kier molecular flexibility index (Phi) is 19.2. The van der Waals surface area contributed by atoms with Gasteiger partial charge in [0.25, 0.3) is 0 Å². The van der Waals surface area contributed by atoms with Crippen LogP contribution in [0.4, 0.5) is 0 Å². The van der Waals surface area contributed by atoms with Crippen molar-refractivity contribution in [2.75, 3.05) is 0 Å². The van der Waals surface area contributed by atoms with Gasteiger partial charge in [0.15, 0.2) is 5.92 Å². The van der Waals surface area contributed by atoms with E-state index in [1.165, 1.54) is 89.9 Å². The van der Waals surface area contributed by atoms with Crippen molar-refractivity contribution in [1.29, 1.82) is 0 Å². The molecule has 0 saturated carbocycles. The molecule has 0 amide bonds. The largest absolute Gasteiger partial charge is 0.481 e. The highest BCUT2D eigenvalue weighted by Crippen LogP contribution is 2.18. The summed E-state index contributed by atoms with van der Waals surface area (Å²) < 4.78 is 5.23. The molecule has 0 radical (unpaired) electrons. The Morgan fingerprint density at radius 1 is 0.719 bits per heavy atom. The molecule has 0 rings (SSSR count). The predicted octanol–water partition coefficient (Wildman–Crippen LogP) is 8.07. The molecule has 4 heteroatoms. The van der Waals surface area contributed by atoms with Gasteiger partial charge in [0, 0.05) is 6.42 Å². The number of carboxylic acids is 1. The summed E-state index contributed by atoms with van der Waals surface area (Å²) in [6, 6.07) is 0. The van der Waals surface area contributed by atoms with Crippen molar-refractivity contribution in [2.45, 2.75) is 148 Å². The first-order chi connectivity index (χ1) is 15.3. The highest BCUT2D eigenvalue weighted by atomic mass is 16.6. The summed E-state index contributed by atoms with van der Waals surface area (Å²) in [5.41, 5.74) is -0.645.